The predicted octanol–water partition coefficient (Wildman–Crippen LogP) is 1.59. The van der Waals surface area contributed by atoms with E-state index in [9.17, 15) is 4.79 Å². The number of ether oxygens (including phenoxy) is 1. The predicted molar refractivity (Wildman–Crippen MR) is 73.9 cm³/mol. The van der Waals surface area contributed by atoms with Crippen molar-refractivity contribution < 1.29 is 9.53 Å². The van der Waals surface area contributed by atoms with E-state index in [0.717, 1.165) is 26.0 Å². The normalized spacial score (nSPS) is 35.7. The van der Waals surface area contributed by atoms with Crippen molar-refractivity contribution in [2.75, 3.05) is 13.2 Å². The van der Waals surface area contributed by atoms with E-state index in [1.807, 2.05) is 0 Å². The zero-order chi connectivity index (χ0) is 13.3. The van der Waals surface area contributed by atoms with Gasteiger partial charge in [-0.15, -0.1) is 0 Å². The van der Waals surface area contributed by atoms with E-state index in [1.54, 1.807) is 0 Å². The Hall–Kier alpha value is -0.610. The minimum absolute atomic E-state index is 0.227. The Morgan fingerprint density at radius 3 is 2.84 bits per heavy atom. The third-order valence-corrected chi connectivity index (χ3v) is 5.37. The second-order valence-corrected chi connectivity index (χ2v) is 6.38. The maximum absolute atomic E-state index is 12.1. The van der Waals surface area contributed by atoms with Crippen LogP contribution in [0.25, 0.3) is 0 Å². The van der Waals surface area contributed by atoms with Crippen LogP contribution in [0.4, 0.5) is 0 Å². The van der Waals surface area contributed by atoms with E-state index in [4.69, 9.17) is 4.74 Å². The van der Waals surface area contributed by atoms with Gasteiger partial charge >= 0.3 is 0 Å². The summed E-state index contributed by atoms with van der Waals surface area (Å²) in [7, 11) is 0. The first-order valence-electron chi connectivity index (χ1n) is 7.89. The zero-order valence-electron chi connectivity index (χ0n) is 11.9. The summed E-state index contributed by atoms with van der Waals surface area (Å²) in [6.45, 7) is 3.92. The van der Waals surface area contributed by atoms with E-state index in [1.165, 1.54) is 25.7 Å². The van der Waals surface area contributed by atoms with E-state index >= 15 is 0 Å². The summed E-state index contributed by atoms with van der Waals surface area (Å²) in [6, 6.07) is 0.770. The summed E-state index contributed by atoms with van der Waals surface area (Å²) in [6.07, 6.45) is 8.14. The largest absolute Gasteiger partial charge is 0.378 e. The summed E-state index contributed by atoms with van der Waals surface area (Å²) >= 11 is 0. The van der Waals surface area contributed by atoms with E-state index < -0.39 is 0 Å². The minimum Gasteiger partial charge on any atom is -0.378 e. The highest BCUT2D eigenvalue weighted by molar-refractivity contribution is 5.77. The first-order valence-corrected chi connectivity index (χ1v) is 7.89. The van der Waals surface area contributed by atoms with Gasteiger partial charge in [-0.1, -0.05) is 6.42 Å². The second-order valence-electron chi connectivity index (χ2n) is 6.38. The molecular weight excluding hydrogens is 240 g/mol. The molecule has 19 heavy (non-hydrogen) atoms. The van der Waals surface area contributed by atoms with Gasteiger partial charge in [-0.05, 0) is 45.6 Å². The van der Waals surface area contributed by atoms with Crippen LogP contribution in [0.5, 0.6) is 0 Å². The fraction of sp³-hybridized carbons (Fsp3) is 0.933. The van der Waals surface area contributed by atoms with Gasteiger partial charge in [0.05, 0.1) is 6.10 Å². The second kappa shape index (κ2) is 5.41. The van der Waals surface area contributed by atoms with Crippen LogP contribution in [-0.2, 0) is 9.53 Å². The highest BCUT2D eigenvalue weighted by Crippen LogP contribution is 2.57. The molecule has 0 aromatic rings. The molecule has 0 radical (unpaired) electrons. The summed E-state index contributed by atoms with van der Waals surface area (Å²) in [4.78, 5) is 12.1. The van der Waals surface area contributed by atoms with Crippen LogP contribution in [0.15, 0.2) is 0 Å². The molecule has 3 aliphatic rings. The molecule has 2 N–H and O–H groups in total. The number of rotatable bonds is 5. The molecule has 3 atom stereocenters. The molecule has 1 saturated heterocycles. The molecule has 4 nitrogen and oxygen atoms in total. The third-order valence-electron chi connectivity index (χ3n) is 5.37. The van der Waals surface area contributed by atoms with Crippen LogP contribution < -0.4 is 10.6 Å². The highest BCUT2D eigenvalue weighted by Gasteiger charge is 2.59. The Bertz CT molecular complexity index is 335. The molecule has 1 aliphatic heterocycles. The zero-order valence-corrected chi connectivity index (χ0v) is 11.9. The average Bonchev–Trinajstić information content (AvgIpc) is 2.78. The van der Waals surface area contributed by atoms with Gasteiger partial charge in [0.2, 0.25) is 5.91 Å². The average molecular weight is 266 g/mol. The topological polar surface area (TPSA) is 50.4 Å². The van der Waals surface area contributed by atoms with Gasteiger partial charge in [0.25, 0.3) is 0 Å². The van der Waals surface area contributed by atoms with Crippen LogP contribution in [0.2, 0.25) is 0 Å². The van der Waals surface area contributed by atoms with Crippen molar-refractivity contribution in [3.05, 3.63) is 0 Å². The third kappa shape index (κ3) is 2.40. The highest BCUT2D eigenvalue weighted by atomic mass is 16.5. The first kappa shape index (κ1) is 13.4. The van der Waals surface area contributed by atoms with Crippen molar-refractivity contribution in [2.45, 2.75) is 70.1 Å². The molecule has 2 saturated carbocycles. The SMILES string of the molecule is CCOC1CC(NC(=O)CC2CCCN2)C12CCC2. The Morgan fingerprint density at radius 2 is 2.26 bits per heavy atom. The Kier molecular flexibility index (Phi) is 3.81. The van der Waals surface area contributed by atoms with E-state index in [2.05, 4.69) is 17.6 Å². The molecular formula is C15H26N2O2. The minimum atomic E-state index is 0.227. The molecule has 3 fully saturated rings. The molecule has 3 rings (SSSR count). The van der Waals surface area contributed by atoms with Gasteiger partial charge in [0.15, 0.2) is 0 Å². The number of carbonyl (C=O) groups is 1. The van der Waals surface area contributed by atoms with Crippen LogP contribution in [-0.4, -0.2) is 37.2 Å². The van der Waals surface area contributed by atoms with Crippen molar-refractivity contribution in [1.29, 1.82) is 0 Å². The number of hydrogen-bond acceptors (Lipinski definition) is 3. The van der Waals surface area contributed by atoms with Crippen molar-refractivity contribution in [1.82, 2.24) is 10.6 Å². The Labute approximate surface area is 115 Å². The number of carbonyl (C=O) groups excluding carboxylic acids is 1. The molecule has 0 aromatic carbocycles. The smallest absolute Gasteiger partial charge is 0.221 e. The van der Waals surface area contributed by atoms with E-state index in [0.29, 0.717) is 24.6 Å². The number of nitrogens with one attached hydrogen (secondary N) is 2. The molecule has 3 unspecified atom stereocenters. The lowest BCUT2D eigenvalue weighted by atomic mass is 9.51. The van der Waals surface area contributed by atoms with Gasteiger partial charge in [0, 0.05) is 30.5 Å². The van der Waals surface area contributed by atoms with Crippen LogP contribution in [0.1, 0.15) is 51.9 Å². The molecule has 1 heterocycles. The fourth-order valence-electron chi connectivity index (χ4n) is 4.05. The lowest BCUT2D eigenvalue weighted by Crippen LogP contribution is -2.67. The quantitative estimate of drug-likeness (QED) is 0.794. The molecule has 108 valence electrons. The van der Waals surface area contributed by atoms with Crippen LogP contribution in [0, 0.1) is 5.41 Å². The molecule has 1 amide bonds. The van der Waals surface area contributed by atoms with Crippen molar-refractivity contribution in [3.8, 4) is 0 Å². The summed E-state index contributed by atoms with van der Waals surface area (Å²) in [5.41, 5.74) is 0.286. The number of hydrogen-bond donors (Lipinski definition) is 2. The fourth-order valence-corrected chi connectivity index (χ4v) is 4.05. The Morgan fingerprint density at radius 1 is 1.42 bits per heavy atom. The van der Waals surface area contributed by atoms with E-state index in [-0.39, 0.29) is 11.3 Å². The standard InChI is InChI=1S/C15H26N2O2/c1-2-19-13-10-12(15(13)6-4-7-15)17-14(18)9-11-5-3-8-16-11/h11-13,16H,2-10H2,1H3,(H,17,18). The molecule has 0 aromatic heterocycles. The van der Waals surface area contributed by atoms with Gasteiger partial charge in [-0.25, -0.2) is 0 Å². The van der Waals surface area contributed by atoms with Crippen molar-refractivity contribution in [2.24, 2.45) is 5.41 Å². The van der Waals surface area contributed by atoms with Gasteiger partial charge in [-0.2, -0.15) is 0 Å². The lowest BCUT2D eigenvalue weighted by molar-refractivity contribution is -0.175. The van der Waals surface area contributed by atoms with Gasteiger partial charge < -0.3 is 15.4 Å². The molecule has 1 spiro atoms. The monoisotopic (exact) mass is 266 g/mol. The van der Waals surface area contributed by atoms with Crippen molar-refractivity contribution >= 4 is 5.91 Å². The Balaban J connectivity index is 1.48. The van der Waals surface area contributed by atoms with Crippen LogP contribution >= 0.6 is 0 Å². The van der Waals surface area contributed by atoms with Gasteiger partial charge in [-0.3, -0.25) is 4.79 Å². The maximum Gasteiger partial charge on any atom is 0.221 e. The molecule has 0 bridgehead atoms. The summed E-state index contributed by atoms with van der Waals surface area (Å²) in [5.74, 6) is 0.227. The summed E-state index contributed by atoms with van der Waals surface area (Å²) < 4.78 is 5.82. The maximum atomic E-state index is 12.1. The van der Waals surface area contributed by atoms with Crippen LogP contribution in [0.3, 0.4) is 0 Å². The van der Waals surface area contributed by atoms with Gasteiger partial charge in [0.1, 0.15) is 0 Å². The summed E-state index contributed by atoms with van der Waals surface area (Å²) in [5, 5.41) is 6.65. The van der Waals surface area contributed by atoms with Crippen molar-refractivity contribution in [3.63, 3.8) is 0 Å². The first-order chi connectivity index (χ1) is 9.24. The molecule has 4 heteroatoms. The lowest BCUT2D eigenvalue weighted by Gasteiger charge is -2.61. The molecule has 2 aliphatic carbocycles. The number of amides is 1.